The molecule has 2 bridgehead atoms. The van der Waals surface area contributed by atoms with Crippen LogP contribution in [0.1, 0.15) is 40.7 Å². The number of alkyl halides is 2. The molecule has 0 aromatic heterocycles. The van der Waals surface area contributed by atoms with Gasteiger partial charge in [-0.05, 0) is 73.7 Å². The molecule has 7 nitrogen and oxygen atoms in total. The predicted molar refractivity (Wildman–Crippen MR) is 134 cm³/mol. The molecule has 3 aliphatic rings. The minimum Gasteiger partial charge on any atom is -0.346 e. The molecule has 11 heteroatoms. The van der Waals surface area contributed by atoms with Gasteiger partial charge < -0.3 is 5.32 Å². The molecule has 3 fully saturated rings. The molecule has 37 heavy (non-hydrogen) atoms. The number of nitrogens with one attached hydrogen (secondary N) is 2. The molecular formula is C26H24F2N2O5S2. The number of anilines is 1. The number of carbonyl (C=O) groups excluding carboxylic acids is 1. The highest BCUT2D eigenvalue weighted by atomic mass is 32.2. The van der Waals surface area contributed by atoms with Crippen LogP contribution in [0, 0.1) is 6.92 Å². The van der Waals surface area contributed by atoms with Crippen molar-refractivity contribution >= 4 is 31.5 Å². The van der Waals surface area contributed by atoms with E-state index in [0.717, 1.165) is 43.5 Å². The summed E-state index contributed by atoms with van der Waals surface area (Å²) in [6.45, 7) is 1.74. The molecule has 3 aliphatic carbocycles. The van der Waals surface area contributed by atoms with Crippen molar-refractivity contribution in [3.05, 3.63) is 89.5 Å². The molecule has 3 saturated carbocycles. The normalized spacial score (nSPS) is 22.6. The Kier molecular flexibility index (Phi) is 5.91. The van der Waals surface area contributed by atoms with Crippen LogP contribution in [0.4, 0.5) is 14.5 Å². The number of amides is 1. The number of carbonyl (C=O) groups is 1. The quantitative estimate of drug-likeness (QED) is 0.436. The van der Waals surface area contributed by atoms with Crippen LogP contribution < -0.4 is 10.0 Å². The lowest BCUT2D eigenvalue weighted by Crippen LogP contribution is -2.76. The van der Waals surface area contributed by atoms with Gasteiger partial charge in [0.05, 0.1) is 21.0 Å². The molecule has 1 amide bonds. The van der Waals surface area contributed by atoms with E-state index in [1.807, 2.05) is 18.2 Å². The largest absolute Gasteiger partial charge is 0.346 e. The standard InChI is InChI=1S/C26H24F2N2O5S2/c1-17-7-12-21(23(31)29-26-14-25(15-26,16-26)18-5-3-2-4-6-18)22(13-17)30-37(34,35)20-10-8-19(9-11-20)36(32,33)24(27)28/h2-13,24,30H,14-16H2,1H3,(H,29,31). The monoisotopic (exact) mass is 546 g/mol. The van der Waals surface area contributed by atoms with Gasteiger partial charge in [0, 0.05) is 11.0 Å². The van der Waals surface area contributed by atoms with Crippen LogP contribution in [0.15, 0.2) is 82.6 Å². The third kappa shape index (κ3) is 4.40. The van der Waals surface area contributed by atoms with Crippen molar-refractivity contribution in [2.45, 2.75) is 52.7 Å². The lowest BCUT2D eigenvalue weighted by molar-refractivity contribution is -0.0807. The SMILES string of the molecule is Cc1ccc(C(=O)NC23CC(c4ccccc4)(C2)C3)c(NS(=O)(=O)c2ccc(S(=O)(=O)C(F)F)cc2)c1. The second-order valence-electron chi connectivity index (χ2n) is 9.84. The molecule has 0 atom stereocenters. The van der Waals surface area contributed by atoms with Crippen LogP contribution in [0.3, 0.4) is 0 Å². The first kappa shape index (κ1) is 25.3. The van der Waals surface area contributed by atoms with Gasteiger partial charge in [-0.3, -0.25) is 9.52 Å². The number of rotatable bonds is 8. The minimum atomic E-state index is -4.86. The third-order valence-corrected chi connectivity index (χ3v) is 9.94. The topological polar surface area (TPSA) is 109 Å². The Labute approximate surface area is 213 Å². The van der Waals surface area contributed by atoms with Gasteiger partial charge in [0.2, 0.25) is 9.84 Å². The average molecular weight is 547 g/mol. The first-order valence-corrected chi connectivity index (χ1v) is 14.5. The van der Waals surface area contributed by atoms with E-state index in [0.29, 0.717) is 5.56 Å². The van der Waals surface area contributed by atoms with Crippen LogP contribution in [-0.2, 0) is 25.3 Å². The zero-order valence-corrected chi connectivity index (χ0v) is 21.4. The second kappa shape index (κ2) is 8.63. The highest BCUT2D eigenvalue weighted by Gasteiger charge is 2.68. The van der Waals surface area contributed by atoms with Gasteiger partial charge >= 0.3 is 5.76 Å². The summed E-state index contributed by atoms with van der Waals surface area (Å²) in [5.41, 5.74) is 1.93. The lowest BCUT2D eigenvalue weighted by atomic mass is 9.37. The van der Waals surface area contributed by atoms with E-state index in [1.54, 1.807) is 19.1 Å². The predicted octanol–water partition coefficient (Wildman–Crippen LogP) is 4.40. The molecule has 6 rings (SSSR count). The van der Waals surface area contributed by atoms with Crippen LogP contribution in [0.5, 0.6) is 0 Å². The fourth-order valence-corrected chi connectivity index (χ4v) is 7.17. The summed E-state index contributed by atoms with van der Waals surface area (Å²) >= 11 is 0. The van der Waals surface area contributed by atoms with E-state index in [4.69, 9.17) is 0 Å². The molecular weight excluding hydrogens is 522 g/mol. The van der Waals surface area contributed by atoms with Crippen LogP contribution in [0.25, 0.3) is 0 Å². The summed E-state index contributed by atoms with van der Waals surface area (Å²) in [7, 11) is -9.11. The Bertz CT molecular complexity index is 1570. The Morgan fingerprint density at radius 1 is 0.865 bits per heavy atom. The Morgan fingerprint density at radius 3 is 2.05 bits per heavy atom. The van der Waals surface area contributed by atoms with Gasteiger partial charge in [-0.2, -0.15) is 8.78 Å². The number of sulfone groups is 1. The van der Waals surface area contributed by atoms with Crippen molar-refractivity contribution in [1.29, 1.82) is 0 Å². The first-order valence-electron chi connectivity index (χ1n) is 11.5. The number of sulfonamides is 1. The van der Waals surface area contributed by atoms with E-state index in [1.165, 1.54) is 11.6 Å². The summed E-state index contributed by atoms with van der Waals surface area (Å²) in [6, 6.07) is 18.4. The van der Waals surface area contributed by atoms with Gasteiger partial charge in [0.15, 0.2) is 0 Å². The van der Waals surface area contributed by atoms with Gasteiger partial charge in [-0.1, -0.05) is 36.4 Å². The molecule has 0 saturated heterocycles. The molecule has 0 spiro atoms. The third-order valence-electron chi connectivity index (χ3n) is 7.16. The van der Waals surface area contributed by atoms with Gasteiger partial charge in [0.1, 0.15) is 0 Å². The first-order chi connectivity index (χ1) is 17.4. The zero-order chi connectivity index (χ0) is 26.6. The number of hydrogen-bond acceptors (Lipinski definition) is 5. The lowest BCUT2D eigenvalue weighted by Gasteiger charge is -2.71. The highest BCUT2D eigenvalue weighted by Crippen LogP contribution is 2.67. The van der Waals surface area contributed by atoms with E-state index in [9.17, 15) is 30.4 Å². The molecule has 3 aromatic rings. The molecule has 0 radical (unpaired) electrons. The summed E-state index contributed by atoms with van der Waals surface area (Å²) in [6.07, 6.45) is 2.45. The number of benzene rings is 3. The van der Waals surface area contributed by atoms with Crippen molar-refractivity contribution < 1.29 is 30.4 Å². The maximum atomic E-state index is 13.2. The maximum Gasteiger partial charge on any atom is 0.341 e. The van der Waals surface area contributed by atoms with Crippen molar-refractivity contribution in [1.82, 2.24) is 5.32 Å². The zero-order valence-electron chi connectivity index (χ0n) is 19.7. The summed E-state index contributed by atoms with van der Waals surface area (Å²) in [5.74, 6) is -4.03. The van der Waals surface area contributed by atoms with Crippen molar-refractivity contribution in [2.24, 2.45) is 0 Å². The van der Waals surface area contributed by atoms with Crippen LogP contribution in [-0.4, -0.2) is 34.0 Å². The van der Waals surface area contributed by atoms with Gasteiger partial charge in [-0.15, -0.1) is 0 Å². The highest BCUT2D eigenvalue weighted by molar-refractivity contribution is 7.93. The maximum absolute atomic E-state index is 13.2. The number of hydrogen-bond donors (Lipinski definition) is 2. The number of aryl methyl sites for hydroxylation is 1. The molecule has 2 N–H and O–H groups in total. The Morgan fingerprint density at radius 2 is 1.46 bits per heavy atom. The van der Waals surface area contributed by atoms with Gasteiger partial charge in [-0.25, -0.2) is 16.8 Å². The Balaban J connectivity index is 1.33. The molecule has 0 heterocycles. The average Bonchev–Trinajstić information content (AvgIpc) is 2.80. The summed E-state index contributed by atoms with van der Waals surface area (Å²) in [5, 5.41) is 3.08. The molecule has 194 valence electrons. The van der Waals surface area contributed by atoms with Crippen molar-refractivity contribution in [3.8, 4) is 0 Å². The minimum absolute atomic E-state index is 0.0612. The van der Waals surface area contributed by atoms with Crippen LogP contribution >= 0.6 is 0 Å². The van der Waals surface area contributed by atoms with E-state index < -0.39 is 36.4 Å². The van der Waals surface area contributed by atoms with Crippen molar-refractivity contribution in [3.63, 3.8) is 0 Å². The fraction of sp³-hybridized carbons (Fsp3) is 0.269. The molecule has 0 unspecified atom stereocenters. The van der Waals surface area contributed by atoms with E-state index in [-0.39, 0.29) is 27.1 Å². The Hall–Kier alpha value is -3.31. The van der Waals surface area contributed by atoms with E-state index >= 15 is 0 Å². The van der Waals surface area contributed by atoms with Gasteiger partial charge in [0.25, 0.3) is 15.9 Å². The van der Waals surface area contributed by atoms with Crippen LogP contribution in [0.2, 0.25) is 0 Å². The smallest absolute Gasteiger partial charge is 0.341 e. The summed E-state index contributed by atoms with van der Waals surface area (Å²) in [4.78, 5) is 12.2. The van der Waals surface area contributed by atoms with Crippen molar-refractivity contribution in [2.75, 3.05) is 4.72 Å². The molecule has 3 aromatic carbocycles. The van der Waals surface area contributed by atoms with E-state index in [2.05, 4.69) is 22.2 Å². The number of halogens is 2. The molecule has 0 aliphatic heterocycles. The fourth-order valence-electron chi connectivity index (χ4n) is 5.38. The second-order valence-corrected chi connectivity index (χ2v) is 13.4. The summed E-state index contributed by atoms with van der Waals surface area (Å²) < 4.78 is 77.2.